The summed E-state index contributed by atoms with van der Waals surface area (Å²) in [5.41, 5.74) is 2.03. The molecule has 1 amide bonds. The van der Waals surface area contributed by atoms with Crippen molar-refractivity contribution in [1.82, 2.24) is 15.1 Å². The van der Waals surface area contributed by atoms with E-state index in [1.54, 1.807) is 11.0 Å². The summed E-state index contributed by atoms with van der Waals surface area (Å²) in [6.45, 7) is 0.843. The van der Waals surface area contributed by atoms with Crippen LogP contribution in [0.15, 0.2) is 36.4 Å². The van der Waals surface area contributed by atoms with Crippen LogP contribution < -0.4 is 0 Å². The number of carbonyl (C=O) groups is 2. The minimum atomic E-state index is -0.841. The number of nitrogens with one attached hydrogen (secondary N) is 1. The lowest BCUT2D eigenvalue weighted by Gasteiger charge is -2.30. The first-order valence-corrected chi connectivity index (χ1v) is 7.28. The number of aromatic nitrogens is 2. The van der Waals surface area contributed by atoms with E-state index in [4.69, 9.17) is 5.11 Å². The lowest BCUT2D eigenvalue weighted by atomic mass is 9.98. The summed E-state index contributed by atoms with van der Waals surface area (Å²) < 4.78 is 0. The van der Waals surface area contributed by atoms with E-state index in [1.807, 2.05) is 30.3 Å². The fraction of sp³-hybridized carbons (Fsp3) is 0.312. The Morgan fingerprint density at radius 1 is 1.27 bits per heavy atom. The Morgan fingerprint density at radius 2 is 2.05 bits per heavy atom. The molecule has 2 heterocycles. The first-order valence-electron chi connectivity index (χ1n) is 7.28. The third-order valence-electron chi connectivity index (χ3n) is 3.94. The van der Waals surface area contributed by atoms with Gasteiger partial charge in [-0.25, -0.2) is 0 Å². The predicted octanol–water partition coefficient (Wildman–Crippen LogP) is 2.01. The molecule has 1 atom stereocenters. The van der Waals surface area contributed by atoms with E-state index in [0.29, 0.717) is 30.8 Å². The number of nitrogens with zero attached hydrogens (tertiary/aromatic N) is 2. The van der Waals surface area contributed by atoms with E-state index in [0.717, 1.165) is 5.56 Å². The van der Waals surface area contributed by atoms with Gasteiger partial charge in [-0.05, 0) is 18.9 Å². The van der Waals surface area contributed by atoms with Gasteiger partial charge in [0, 0.05) is 18.7 Å². The number of carbonyl (C=O) groups excluding carboxylic acids is 1. The Bertz CT molecular complexity index is 681. The molecule has 0 unspecified atom stereocenters. The van der Waals surface area contributed by atoms with Crippen molar-refractivity contribution < 1.29 is 14.7 Å². The molecular formula is C16H17N3O3. The smallest absolute Gasteiger partial charge is 0.308 e. The van der Waals surface area contributed by atoms with Crippen LogP contribution in [0.2, 0.25) is 0 Å². The van der Waals surface area contributed by atoms with Crippen molar-refractivity contribution in [3.63, 3.8) is 0 Å². The monoisotopic (exact) mass is 299 g/mol. The van der Waals surface area contributed by atoms with Crippen molar-refractivity contribution in [3.05, 3.63) is 42.1 Å². The summed E-state index contributed by atoms with van der Waals surface area (Å²) in [6, 6.07) is 11.3. The molecule has 0 aliphatic carbocycles. The van der Waals surface area contributed by atoms with E-state index < -0.39 is 11.9 Å². The van der Waals surface area contributed by atoms with Crippen molar-refractivity contribution in [2.24, 2.45) is 5.92 Å². The SMILES string of the molecule is O=C(O)[C@@H]1CCCN(C(=O)c2cc(-c3ccccc3)n[nH]2)C1. The number of piperidine rings is 1. The summed E-state index contributed by atoms with van der Waals surface area (Å²) in [5, 5.41) is 16.0. The maximum Gasteiger partial charge on any atom is 0.308 e. The highest BCUT2D eigenvalue weighted by Crippen LogP contribution is 2.21. The highest BCUT2D eigenvalue weighted by atomic mass is 16.4. The Kier molecular flexibility index (Phi) is 3.91. The first-order chi connectivity index (χ1) is 10.6. The van der Waals surface area contributed by atoms with Crippen LogP contribution in [-0.2, 0) is 4.79 Å². The number of amides is 1. The minimum absolute atomic E-state index is 0.194. The maximum atomic E-state index is 12.5. The van der Waals surface area contributed by atoms with Crippen molar-refractivity contribution in [3.8, 4) is 11.3 Å². The van der Waals surface area contributed by atoms with Gasteiger partial charge in [0.1, 0.15) is 5.69 Å². The Hall–Kier alpha value is -2.63. The number of carboxylic acids is 1. The number of aromatic amines is 1. The fourth-order valence-corrected chi connectivity index (χ4v) is 2.72. The average molecular weight is 299 g/mol. The van der Waals surface area contributed by atoms with E-state index in [9.17, 15) is 9.59 Å². The number of carboxylic acid groups (broad SMARTS) is 1. The van der Waals surface area contributed by atoms with Crippen LogP contribution in [0.3, 0.4) is 0 Å². The van der Waals surface area contributed by atoms with Gasteiger partial charge < -0.3 is 10.0 Å². The Morgan fingerprint density at radius 3 is 2.77 bits per heavy atom. The number of H-pyrrole nitrogens is 1. The Labute approximate surface area is 127 Å². The molecule has 6 heteroatoms. The molecule has 2 N–H and O–H groups in total. The topological polar surface area (TPSA) is 86.3 Å². The van der Waals surface area contributed by atoms with Crippen molar-refractivity contribution in [2.75, 3.05) is 13.1 Å². The molecule has 0 bridgehead atoms. The molecule has 0 spiro atoms. The second-order valence-corrected chi connectivity index (χ2v) is 5.46. The van der Waals surface area contributed by atoms with Gasteiger partial charge in [0.25, 0.3) is 5.91 Å². The number of rotatable bonds is 3. The number of aliphatic carboxylic acids is 1. The van der Waals surface area contributed by atoms with Crippen LogP contribution in [0.5, 0.6) is 0 Å². The van der Waals surface area contributed by atoms with Crippen LogP contribution >= 0.6 is 0 Å². The van der Waals surface area contributed by atoms with Crippen LogP contribution in [0.25, 0.3) is 11.3 Å². The fourth-order valence-electron chi connectivity index (χ4n) is 2.72. The molecular weight excluding hydrogens is 282 g/mol. The standard InChI is InChI=1S/C16H17N3O3/c20-15(19-8-4-7-12(10-19)16(21)22)14-9-13(17-18-14)11-5-2-1-3-6-11/h1-3,5-6,9,12H,4,7-8,10H2,(H,17,18)(H,21,22)/t12-/m1/s1. The third kappa shape index (κ3) is 2.86. The van der Waals surface area contributed by atoms with Crippen molar-refractivity contribution in [2.45, 2.75) is 12.8 Å². The van der Waals surface area contributed by atoms with E-state index >= 15 is 0 Å². The van der Waals surface area contributed by atoms with Gasteiger partial charge in [-0.3, -0.25) is 14.7 Å². The molecule has 2 aromatic rings. The lowest BCUT2D eigenvalue weighted by Crippen LogP contribution is -2.42. The summed E-state index contributed by atoms with van der Waals surface area (Å²) in [6.07, 6.45) is 1.33. The second kappa shape index (κ2) is 6.01. The quantitative estimate of drug-likeness (QED) is 0.907. The van der Waals surface area contributed by atoms with Gasteiger partial charge >= 0.3 is 5.97 Å². The van der Waals surface area contributed by atoms with E-state index in [2.05, 4.69) is 10.2 Å². The molecule has 1 aromatic carbocycles. The van der Waals surface area contributed by atoms with Gasteiger partial charge in [0.15, 0.2) is 0 Å². The molecule has 1 aromatic heterocycles. The van der Waals surface area contributed by atoms with Crippen LogP contribution in [-0.4, -0.2) is 45.2 Å². The molecule has 22 heavy (non-hydrogen) atoms. The van der Waals surface area contributed by atoms with Crippen LogP contribution in [0.4, 0.5) is 0 Å². The number of likely N-dealkylation sites (tertiary alicyclic amines) is 1. The van der Waals surface area contributed by atoms with Gasteiger partial charge in [-0.1, -0.05) is 30.3 Å². The summed E-state index contributed by atoms with van der Waals surface area (Å²) in [7, 11) is 0. The third-order valence-corrected chi connectivity index (χ3v) is 3.94. The molecule has 6 nitrogen and oxygen atoms in total. The van der Waals surface area contributed by atoms with Gasteiger partial charge in [0.05, 0.1) is 11.6 Å². The summed E-state index contributed by atoms with van der Waals surface area (Å²) in [5.74, 6) is -1.51. The molecule has 1 aliphatic rings. The van der Waals surface area contributed by atoms with E-state index in [-0.39, 0.29) is 12.5 Å². The molecule has 0 radical (unpaired) electrons. The average Bonchev–Trinajstić information content (AvgIpc) is 3.05. The van der Waals surface area contributed by atoms with Crippen LogP contribution in [0.1, 0.15) is 23.3 Å². The molecule has 3 rings (SSSR count). The van der Waals surface area contributed by atoms with E-state index in [1.165, 1.54) is 0 Å². The molecule has 0 saturated carbocycles. The van der Waals surface area contributed by atoms with Crippen LogP contribution in [0, 0.1) is 5.92 Å². The van der Waals surface area contributed by atoms with Gasteiger partial charge in [-0.15, -0.1) is 0 Å². The highest BCUT2D eigenvalue weighted by Gasteiger charge is 2.29. The summed E-state index contributed by atoms with van der Waals surface area (Å²) >= 11 is 0. The molecule has 114 valence electrons. The molecule has 1 saturated heterocycles. The maximum absolute atomic E-state index is 12.5. The molecule has 1 fully saturated rings. The second-order valence-electron chi connectivity index (χ2n) is 5.46. The lowest BCUT2D eigenvalue weighted by molar-refractivity contribution is -0.143. The largest absolute Gasteiger partial charge is 0.481 e. The first kappa shape index (κ1) is 14.3. The zero-order valence-electron chi connectivity index (χ0n) is 12.0. The highest BCUT2D eigenvalue weighted by molar-refractivity contribution is 5.93. The minimum Gasteiger partial charge on any atom is -0.481 e. The van der Waals surface area contributed by atoms with Gasteiger partial charge in [0.2, 0.25) is 0 Å². The predicted molar refractivity (Wildman–Crippen MR) is 80.3 cm³/mol. The zero-order chi connectivity index (χ0) is 15.5. The summed E-state index contributed by atoms with van der Waals surface area (Å²) in [4.78, 5) is 25.2. The zero-order valence-corrected chi connectivity index (χ0v) is 12.0. The number of hydrogen-bond acceptors (Lipinski definition) is 3. The van der Waals surface area contributed by atoms with Gasteiger partial charge in [-0.2, -0.15) is 5.10 Å². The Balaban J connectivity index is 1.76. The number of hydrogen-bond donors (Lipinski definition) is 2. The van der Waals surface area contributed by atoms with Crippen molar-refractivity contribution in [1.29, 1.82) is 0 Å². The number of benzene rings is 1. The van der Waals surface area contributed by atoms with Crippen molar-refractivity contribution >= 4 is 11.9 Å². The normalized spacial score (nSPS) is 18.2. The molecule has 1 aliphatic heterocycles.